The van der Waals surface area contributed by atoms with E-state index in [2.05, 4.69) is 44.0 Å². The van der Waals surface area contributed by atoms with Gasteiger partial charge < -0.3 is 14.8 Å². The van der Waals surface area contributed by atoms with Crippen LogP contribution in [0.2, 0.25) is 0 Å². The van der Waals surface area contributed by atoms with Crippen molar-refractivity contribution in [2.75, 3.05) is 24.5 Å². The Morgan fingerprint density at radius 3 is 2.81 bits per heavy atom. The van der Waals surface area contributed by atoms with Crippen LogP contribution < -0.4 is 10.2 Å². The highest BCUT2D eigenvalue weighted by atomic mass is 15.3. The predicted octanol–water partition coefficient (Wildman–Crippen LogP) is 2.68. The summed E-state index contributed by atoms with van der Waals surface area (Å²) in [5.74, 6) is 1.02. The van der Waals surface area contributed by atoms with Gasteiger partial charge in [0, 0.05) is 24.8 Å². The van der Waals surface area contributed by atoms with Crippen molar-refractivity contribution in [1.82, 2.24) is 19.9 Å². The van der Waals surface area contributed by atoms with E-state index in [0.717, 1.165) is 42.3 Å². The first-order valence-corrected chi connectivity index (χ1v) is 9.57. The summed E-state index contributed by atoms with van der Waals surface area (Å²) in [4.78, 5) is 11.9. The largest absolute Gasteiger partial charge is 0.340 e. The molecule has 3 aromatic rings. The van der Waals surface area contributed by atoms with E-state index in [1.54, 1.807) is 6.20 Å². The van der Waals surface area contributed by atoms with Gasteiger partial charge in [0.05, 0.1) is 28.8 Å². The highest BCUT2D eigenvalue weighted by Gasteiger charge is 2.41. The number of hydrogen-bond donors (Lipinski definition) is 1. The van der Waals surface area contributed by atoms with E-state index < -0.39 is 0 Å². The van der Waals surface area contributed by atoms with Crippen LogP contribution in [0.3, 0.4) is 0 Å². The van der Waals surface area contributed by atoms with Crippen molar-refractivity contribution < 1.29 is 0 Å². The molecule has 27 heavy (non-hydrogen) atoms. The fraction of sp³-hybridized carbons (Fsp3) is 0.381. The average molecular weight is 358 g/mol. The first-order valence-electron chi connectivity index (χ1n) is 9.57. The lowest BCUT2D eigenvalue weighted by atomic mass is 9.80. The molecule has 136 valence electrons. The Morgan fingerprint density at radius 2 is 2.07 bits per heavy atom. The Hall–Kier alpha value is -2.91. The number of fused-ring (bicyclic) bond motifs is 1. The lowest BCUT2D eigenvalue weighted by molar-refractivity contribution is 0.173. The SMILES string of the molecule is N#Cc1ccc(Cn2c(N3CCCC4(CCN4)C3)nc3ccccc32)nc1. The average Bonchev–Trinajstić information content (AvgIpc) is 3.06. The number of para-hydroxylation sites is 2. The van der Waals surface area contributed by atoms with E-state index in [1.807, 2.05) is 18.2 Å². The number of pyridine rings is 1. The zero-order valence-electron chi connectivity index (χ0n) is 15.2. The van der Waals surface area contributed by atoms with Crippen LogP contribution in [0.4, 0.5) is 5.95 Å². The second kappa shape index (κ2) is 6.36. The molecule has 2 aliphatic heterocycles. The Bertz CT molecular complexity index is 1010. The Morgan fingerprint density at radius 1 is 1.19 bits per heavy atom. The van der Waals surface area contributed by atoms with Gasteiger partial charge in [-0.3, -0.25) is 4.98 Å². The van der Waals surface area contributed by atoms with Crippen molar-refractivity contribution >= 4 is 17.0 Å². The molecule has 5 rings (SSSR count). The van der Waals surface area contributed by atoms with Gasteiger partial charge in [0.25, 0.3) is 0 Å². The number of benzene rings is 1. The maximum atomic E-state index is 9.00. The third-order valence-electron chi connectivity index (χ3n) is 5.87. The van der Waals surface area contributed by atoms with Crippen LogP contribution in [0, 0.1) is 11.3 Å². The smallest absolute Gasteiger partial charge is 0.206 e. The number of nitrogens with zero attached hydrogens (tertiary/aromatic N) is 5. The van der Waals surface area contributed by atoms with E-state index in [4.69, 9.17) is 10.2 Å². The number of imidazole rings is 1. The molecular weight excluding hydrogens is 336 g/mol. The molecular formula is C21H22N6. The molecule has 2 fully saturated rings. The van der Waals surface area contributed by atoms with Gasteiger partial charge in [-0.2, -0.15) is 5.26 Å². The first kappa shape index (κ1) is 16.3. The van der Waals surface area contributed by atoms with Crippen molar-refractivity contribution in [3.05, 3.63) is 53.9 Å². The Balaban J connectivity index is 1.53. The topological polar surface area (TPSA) is 69.8 Å². The normalized spacial score (nSPS) is 22.0. The summed E-state index contributed by atoms with van der Waals surface area (Å²) in [7, 11) is 0. The molecule has 6 heteroatoms. The monoisotopic (exact) mass is 358 g/mol. The molecule has 2 aromatic heterocycles. The summed E-state index contributed by atoms with van der Waals surface area (Å²) >= 11 is 0. The van der Waals surface area contributed by atoms with Crippen molar-refractivity contribution in [3.63, 3.8) is 0 Å². The second-order valence-electron chi connectivity index (χ2n) is 7.62. The summed E-state index contributed by atoms with van der Waals surface area (Å²) in [5, 5.41) is 12.7. The number of anilines is 1. The maximum Gasteiger partial charge on any atom is 0.206 e. The molecule has 1 unspecified atom stereocenters. The molecule has 2 saturated heterocycles. The summed E-state index contributed by atoms with van der Waals surface area (Å²) in [6, 6.07) is 14.2. The maximum absolute atomic E-state index is 9.00. The zero-order chi connectivity index (χ0) is 18.3. The Kier molecular flexibility index (Phi) is 3.83. The molecule has 0 amide bonds. The highest BCUT2D eigenvalue weighted by Crippen LogP contribution is 2.33. The van der Waals surface area contributed by atoms with Crippen molar-refractivity contribution in [1.29, 1.82) is 5.26 Å². The van der Waals surface area contributed by atoms with Crippen molar-refractivity contribution in [2.24, 2.45) is 0 Å². The van der Waals surface area contributed by atoms with Gasteiger partial charge >= 0.3 is 0 Å². The third-order valence-corrected chi connectivity index (χ3v) is 5.87. The van der Waals surface area contributed by atoms with E-state index in [9.17, 15) is 0 Å². The van der Waals surface area contributed by atoms with E-state index in [-0.39, 0.29) is 5.54 Å². The van der Waals surface area contributed by atoms with E-state index in [1.165, 1.54) is 19.3 Å². The standard InChI is InChI=1S/C21H22N6/c22-12-16-6-7-17(23-13-16)14-27-19-5-2-1-4-18(19)25-20(27)26-11-3-8-21(15-26)9-10-24-21/h1-2,4-7,13,24H,3,8-11,14-15H2. The van der Waals surface area contributed by atoms with Gasteiger partial charge in [-0.15, -0.1) is 0 Å². The predicted molar refractivity (Wildman–Crippen MR) is 105 cm³/mol. The number of nitriles is 1. The van der Waals surface area contributed by atoms with Gasteiger partial charge in [0.2, 0.25) is 5.95 Å². The van der Waals surface area contributed by atoms with Gasteiger partial charge in [-0.1, -0.05) is 12.1 Å². The molecule has 4 heterocycles. The van der Waals surface area contributed by atoms with E-state index in [0.29, 0.717) is 12.1 Å². The molecule has 0 aliphatic carbocycles. The minimum Gasteiger partial charge on any atom is -0.340 e. The molecule has 0 saturated carbocycles. The quantitative estimate of drug-likeness (QED) is 0.779. The zero-order valence-corrected chi connectivity index (χ0v) is 15.2. The number of hydrogen-bond acceptors (Lipinski definition) is 5. The molecule has 6 nitrogen and oxygen atoms in total. The lowest BCUT2D eigenvalue weighted by Crippen LogP contribution is -2.65. The molecule has 0 bridgehead atoms. The molecule has 1 N–H and O–H groups in total. The summed E-state index contributed by atoms with van der Waals surface area (Å²) in [6.45, 7) is 3.82. The van der Waals surface area contributed by atoms with E-state index >= 15 is 0 Å². The molecule has 0 radical (unpaired) electrons. The highest BCUT2D eigenvalue weighted by molar-refractivity contribution is 5.79. The summed E-state index contributed by atoms with van der Waals surface area (Å²) < 4.78 is 2.27. The van der Waals surface area contributed by atoms with Crippen LogP contribution >= 0.6 is 0 Å². The van der Waals surface area contributed by atoms with Gasteiger partial charge in [0.1, 0.15) is 6.07 Å². The van der Waals surface area contributed by atoms with Crippen molar-refractivity contribution in [2.45, 2.75) is 31.3 Å². The van der Waals surface area contributed by atoms with Crippen LogP contribution in [0.25, 0.3) is 11.0 Å². The van der Waals surface area contributed by atoms with Crippen LogP contribution in [-0.4, -0.2) is 39.7 Å². The van der Waals surface area contributed by atoms with Crippen LogP contribution in [0.15, 0.2) is 42.6 Å². The Labute approximate surface area is 158 Å². The second-order valence-corrected chi connectivity index (χ2v) is 7.62. The van der Waals surface area contributed by atoms with Crippen LogP contribution in [-0.2, 0) is 6.54 Å². The lowest BCUT2D eigenvalue weighted by Gasteiger charge is -2.50. The summed E-state index contributed by atoms with van der Waals surface area (Å²) in [6.07, 6.45) is 5.33. The number of nitrogens with one attached hydrogen (secondary N) is 1. The number of rotatable bonds is 3. The van der Waals surface area contributed by atoms with Crippen molar-refractivity contribution in [3.8, 4) is 6.07 Å². The third kappa shape index (κ3) is 2.84. The molecule has 2 aliphatic rings. The molecule has 1 spiro atoms. The fourth-order valence-corrected chi connectivity index (χ4v) is 4.34. The van der Waals surface area contributed by atoms with Gasteiger partial charge in [0.15, 0.2) is 0 Å². The minimum absolute atomic E-state index is 0.272. The van der Waals surface area contributed by atoms with Crippen LogP contribution in [0.5, 0.6) is 0 Å². The van der Waals surface area contributed by atoms with Gasteiger partial charge in [-0.05, 0) is 50.1 Å². The number of aromatic nitrogens is 3. The fourth-order valence-electron chi connectivity index (χ4n) is 4.34. The summed E-state index contributed by atoms with van der Waals surface area (Å²) in [5.41, 5.74) is 3.94. The molecule has 1 aromatic carbocycles. The van der Waals surface area contributed by atoms with Gasteiger partial charge in [-0.25, -0.2) is 4.98 Å². The minimum atomic E-state index is 0.272. The molecule has 1 atom stereocenters. The van der Waals surface area contributed by atoms with Crippen LogP contribution in [0.1, 0.15) is 30.5 Å². The first-order chi connectivity index (χ1) is 13.3. The number of piperidine rings is 1.